The third-order valence-electron chi connectivity index (χ3n) is 11.8. The Morgan fingerprint density at radius 3 is 2.45 bits per heavy atom. The molecule has 4 amide bonds. The van der Waals surface area contributed by atoms with Crippen LogP contribution < -0.4 is 10.6 Å². The first kappa shape index (κ1) is 31.7. The molecular formula is C38H50N6O3. The molecule has 0 unspecified atom stereocenters. The van der Waals surface area contributed by atoms with E-state index in [1.807, 2.05) is 36.3 Å². The molecule has 3 aromatic rings. The topological polar surface area (TPSA) is 101 Å². The minimum Gasteiger partial charge on any atom is -0.361 e. The number of piperidine rings is 3. The first-order valence-corrected chi connectivity index (χ1v) is 17.8. The van der Waals surface area contributed by atoms with E-state index in [-0.39, 0.29) is 41.1 Å². The molecule has 9 heteroatoms. The monoisotopic (exact) mass is 638 g/mol. The fraction of sp³-hybridized carbons (Fsp3) is 0.553. The number of likely N-dealkylation sites (N-methyl/N-ethyl adjacent to an activating group) is 1. The number of urea groups is 1. The zero-order valence-electron chi connectivity index (χ0n) is 28.0. The van der Waals surface area contributed by atoms with Gasteiger partial charge in [-0.05, 0) is 80.7 Å². The average Bonchev–Trinajstić information content (AvgIpc) is 3.70. The zero-order valence-corrected chi connectivity index (χ0v) is 28.0. The molecular weight excluding hydrogens is 588 g/mol. The van der Waals surface area contributed by atoms with E-state index in [4.69, 9.17) is 0 Å². The van der Waals surface area contributed by atoms with Gasteiger partial charge in [0.05, 0.1) is 5.92 Å². The van der Waals surface area contributed by atoms with Gasteiger partial charge in [-0.2, -0.15) is 0 Å². The molecule has 9 nitrogen and oxygen atoms in total. The Kier molecular flexibility index (Phi) is 9.01. The van der Waals surface area contributed by atoms with E-state index >= 15 is 0 Å². The first-order chi connectivity index (χ1) is 22.9. The Labute approximate surface area is 278 Å². The van der Waals surface area contributed by atoms with Crippen molar-refractivity contribution in [2.75, 3.05) is 46.3 Å². The van der Waals surface area contributed by atoms with E-state index in [0.29, 0.717) is 13.1 Å². The largest absolute Gasteiger partial charge is 0.361 e. The quantitative estimate of drug-likeness (QED) is 0.350. The highest BCUT2D eigenvalue weighted by atomic mass is 16.2. The number of fused-ring (bicyclic) bond motifs is 3. The van der Waals surface area contributed by atoms with Crippen molar-refractivity contribution in [1.29, 1.82) is 0 Å². The van der Waals surface area contributed by atoms with Crippen molar-refractivity contribution >= 4 is 28.7 Å². The average molecular weight is 639 g/mol. The Bertz CT molecular complexity index is 1600. The number of aromatic nitrogens is 1. The molecule has 2 aromatic carbocycles. The summed E-state index contributed by atoms with van der Waals surface area (Å²) < 4.78 is 0. The third-order valence-corrected chi connectivity index (χ3v) is 11.8. The van der Waals surface area contributed by atoms with Gasteiger partial charge in [0.1, 0.15) is 6.04 Å². The lowest BCUT2D eigenvalue weighted by Gasteiger charge is -2.42. The third kappa shape index (κ3) is 6.03. The number of likely N-dealkylation sites (tertiary alicyclic amines) is 2. The molecule has 1 spiro atoms. The second kappa shape index (κ2) is 13.3. The van der Waals surface area contributed by atoms with Crippen molar-refractivity contribution in [1.82, 2.24) is 30.3 Å². The van der Waals surface area contributed by atoms with Crippen LogP contribution in [0.4, 0.5) is 4.79 Å². The van der Waals surface area contributed by atoms with E-state index in [1.165, 1.54) is 17.5 Å². The van der Waals surface area contributed by atoms with Crippen molar-refractivity contribution < 1.29 is 14.4 Å². The van der Waals surface area contributed by atoms with Crippen LogP contribution in [0.1, 0.15) is 86.8 Å². The summed E-state index contributed by atoms with van der Waals surface area (Å²) in [7, 11) is 1.84. The van der Waals surface area contributed by atoms with Crippen LogP contribution in [-0.2, 0) is 15.0 Å². The lowest BCUT2D eigenvalue weighted by atomic mass is 9.73. The van der Waals surface area contributed by atoms with Crippen LogP contribution in [0.15, 0.2) is 54.7 Å². The Hall–Kier alpha value is -3.85. The van der Waals surface area contributed by atoms with E-state index in [9.17, 15) is 14.4 Å². The minimum atomic E-state index is -0.709. The fourth-order valence-electron chi connectivity index (χ4n) is 8.89. The summed E-state index contributed by atoms with van der Waals surface area (Å²) >= 11 is 0. The van der Waals surface area contributed by atoms with E-state index in [1.54, 1.807) is 4.90 Å². The van der Waals surface area contributed by atoms with Crippen LogP contribution in [0, 0.1) is 0 Å². The van der Waals surface area contributed by atoms with Crippen molar-refractivity contribution in [2.45, 2.75) is 87.6 Å². The number of carbonyl (C=O) groups excluding carboxylic acids is 3. The molecule has 0 radical (unpaired) electrons. The molecule has 4 atom stereocenters. The van der Waals surface area contributed by atoms with Crippen LogP contribution in [-0.4, -0.2) is 95.9 Å². The van der Waals surface area contributed by atoms with E-state index < -0.39 is 6.04 Å². The summed E-state index contributed by atoms with van der Waals surface area (Å²) in [6, 6.07) is 15.8. The Morgan fingerprint density at radius 2 is 1.68 bits per heavy atom. The van der Waals surface area contributed by atoms with E-state index in [0.717, 1.165) is 87.6 Å². The minimum absolute atomic E-state index is 0.0339. The molecule has 7 rings (SSSR count). The number of hydrogen-bond donors (Lipinski definition) is 3. The van der Waals surface area contributed by atoms with Crippen LogP contribution in [0.25, 0.3) is 10.9 Å². The Morgan fingerprint density at radius 1 is 0.936 bits per heavy atom. The standard InChI is InChI=1S/C38H50N6O3/c1-26(31-25-40-33-15-7-5-13-29(31)33)34(41-37(47)42(2)27-11-10-18-39-24-27)36(46)44-21-16-38(17-22-44)23-30(28-12-4-6-14-32(28)38)35(45)43-19-8-3-9-20-43/h4-7,12-15,25-27,30,34,39-40H,3,8-11,16-24H2,1-2H3,(H,41,47)/t26-,27-,30-,34-/m1/s1. The summed E-state index contributed by atoms with van der Waals surface area (Å²) in [4.78, 5) is 51.3. The Balaban J connectivity index is 1.11. The van der Waals surface area contributed by atoms with Gasteiger partial charge in [-0.1, -0.05) is 49.4 Å². The summed E-state index contributed by atoms with van der Waals surface area (Å²) in [6.45, 7) is 6.72. The van der Waals surface area contributed by atoms with Gasteiger partial charge in [0.25, 0.3) is 0 Å². The van der Waals surface area contributed by atoms with E-state index in [2.05, 4.69) is 57.8 Å². The van der Waals surface area contributed by atoms with Gasteiger partial charge in [0, 0.05) is 74.2 Å². The molecule has 3 aliphatic heterocycles. The molecule has 250 valence electrons. The normalized spacial score (nSPS) is 23.7. The van der Waals surface area contributed by atoms with Gasteiger partial charge in [-0.15, -0.1) is 0 Å². The molecule has 3 saturated heterocycles. The molecule has 47 heavy (non-hydrogen) atoms. The summed E-state index contributed by atoms with van der Waals surface area (Å²) in [5.41, 5.74) is 4.41. The van der Waals surface area contributed by atoms with Crippen LogP contribution >= 0.6 is 0 Å². The lowest BCUT2D eigenvalue weighted by molar-refractivity contribution is -0.136. The number of carbonyl (C=O) groups is 3. The molecule has 3 fully saturated rings. The van der Waals surface area contributed by atoms with Gasteiger partial charge in [-0.25, -0.2) is 4.79 Å². The first-order valence-electron chi connectivity index (χ1n) is 17.8. The number of rotatable bonds is 6. The number of hydrogen-bond acceptors (Lipinski definition) is 4. The van der Waals surface area contributed by atoms with Crippen molar-refractivity contribution in [3.05, 3.63) is 71.4 Å². The molecule has 3 N–H and O–H groups in total. The molecule has 4 aliphatic rings. The van der Waals surface area contributed by atoms with Gasteiger partial charge in [0.15, 0.2) is 0 Å². The number of nitrogens with one attached hydrogen (secondary N) is 3. The molecule has 0 bridgehead atoms. The maximum absolute atomic E-state index is 14.5. The molecule has 0 saturated carbocycles. The second-order valence-electron chi connectivity index (χ2n) is 14.5. The highest BCUT2D eigenvalue weighted by Crippen LogP contribution is 2.52. The highest BCUT2D eigenvalue weighted by Gasteiger charge is 2.49. The number of amides is 4. The summed E-state index contributed by atoms with van der Waals surface area (Å²) in [5.74, 6) is -0.103. The van der Waals surface area contributed by atoms with Crippen LogP contribution in [0.3, 0.4) is 0 Å². The SMILES string of the molecule is C[C@H](c1c[nH]c2ccccc12)[C@@H](NC(=O)N(C)[C@@H]1CCCNC1)C(=O)N1CCC2(CC1)C[C@@H](C(=O)N1CCCCC1)c1ccccc12. The predicted molar refractivity (Wildman–Crippen MR) is 184 cm³/mol. The van der Waals surface area contributed by atoms with Gasteiger partial charge < -0.3 is 30.3 Å². The van der Waals surface area contributed by atoms with Crippen LogP contribution in [0.5, 0.6) is 0 Å². The molecule has 1 aromatic heterocycles. The van der Waals surface area contributed by atoms with Crippen molar-refractivity contribution in [2.24, 2.45) is 0 Å². The smallest absolute Gasteiger partial charge is 0.318 e. The summed E-state index contributed by atoms with van der Waals surface area (Å²) in [6.07, 6.45) is 9.78. The zero-order chi connectivity index (χ0) is 32.5. The number of para-hydroxylation sites is 1. The number of nitrogens with zero attached hydrogens (tertiary/aromatic N) is 3. The van der Waals surface area contributed by atoms with Crippen LogP contribution in [0.2, 0.25) is 0 Å². The van der Waals surface area contributed by atoms with Gasteiger partial charge in [0.2, 0.25) is 11.8 Å². The van der Waals surface area contributed by atoms with Crippen molar-refractivity contribution in [3.8, 4) is 0 Å². The molecule has 1 aliphatic carbocycles. The molecule has 4 heterocycles. The fourth-order valence-corrected chi connectivity index (χ4v) is 8.89. The number of benzene rings is 2. The highest BCUT2D eigenvalue weighted by molar-refractivity contribution is 5.91. The second-order valence-corrected chi connectivity index (χ2v) is 14.5. The van der Waals surface area contributed by atoms with Gasteiger partial charge in [-0.3, -0.25) is 9.59 Å². The number of H-pyrrole nitrogens is 1. The number of aromatic amines is 1. The lowest BCUT2D eigenvalue weighted by Crippen LogP contribution is -2.58. The van der Waals surface area contributed by atoms with Gasteiger partial charge >= 0.3 is 6.03 Å². The maximum Gasteiger partial charge on any atom is 0.318 e. The maximum atomic E-state index is 14.5. The predicted octanol–water partition coefficient (Wildman–Crippen LogP) is 5.09. The van der Waals surface area contributed by atoms with Crippen molar-refractivity contribution in [3.63, 3.8) is 0 Å². The summed E-state index contributed by atoms with van der Waals surface area (Å²) in [5, 5.41) is 7.67.